The first-order valence-corrected chi connectivity index (χ1v) is 8.01. The standard InChI is InChI=1S/C17H17F2NO3S/c1-20(16(21)6-4-12-7-8-24-11-12)10-13-3-5-14(23-17(18)19)15(9-13)22-2/h3-9,11,17H,10H2,1-2H3/b6-4+. The summed E-state index contributed by atoms with van der Waals surface area (Å²) in [4.78, 5) is 13.6. The van der Waals surface area contributed by atoms with Crippen LogP contribution >= 0.6 is 11.3 Å². The highest BCUT2D eigenvalue weighted by Crippen LogP contribution is 2.29. The summed E-state index contributed by atoms with van der Waals surface area (Å²) < 4.78 is 34.1. The topological polar surface area (TPSA) is 38.8 Å². The van der Waals surface area contributed by atoms with Crippen molar-refractivity contribution >= 4 is 23.3 Å². The fourth-order valence-corrected chi connectivity index (χ4v) is 2.65. The number of thiophene rings is 1. The van der Waals surface area contributed by atoms with Gasteiger partial charge in [-0.05, 0) is 46.2 Å². The number of methoxy groups -OCH3 is 1. The maximum Gasteiger partial charge on any atom is 0.387 e. The van der Waals surface area contributed by atoms with E-state index in [4.69, 9.17) is 4.74 Å². The van der Waals surface area contributed by atoms with Crippen LogP contribution in [0.3, 0.4) is 0 Å². The number of carbonyl (C=O) groups excluding carboxylic acids is 1. The molecule has 2 rings (SSSR count). The molecule has 128 valence electrons. The van der Waals surface area contributed by atoms with Crippen LogP contribution in [0.15, 0.2) is 41.1 Å². The molecule has 1 amide bonds. The molecule has 1 heterocycles. The molecule has 4 nitrogen and oxygen atoms in total. The van der Waals surface area contributed by atoms with Crippen LogP contribution in [0.4, 0.5) is 8.78 Å². The van der Waals surface area contributed by atoms with Crippen LogP contribution in [-0.2, 0) is 11.3 Å². The predicted octanol–water partition coefficient (Wildman–Crippen LogP) is 4.03. The molecule has 1 aromatic carbocycles. The van der Waals surface area contributed by atoms with Crippen LogP contribution in [0.25, 0.3) is 6.08 Å². The molecule has 2 aromatic rings. The van der Waals surface area contributed by atoms with Gasteiger partial charge < -0.3 is 14.4 Å². The van der Waals surface area contributed by atoms with Crippen molar-refractivity contribution in [1.82, 2.24) is 4.90 Å². The maximum atomic E-state index is 12.3. The van der Waals surface area contributed by atoms with E-state index < -0.39 is 6.61 Å². The average Bonchev–Trinajstić information content (AvgIpc) is 3.06. The van der Waals surface area contributed by atoms with Gasteiger partial charge in [-0.1, -0.05) is 6.07 Å². The molecule has 0 fully saturated rings. The van der Waals surface area contributed by atoms with Gasteiger partial charge >= 0.3 is 6.61 Å². The molecule has 0 spiro atoms. The van der Waals surface area contributed by atoms with Crippen LogP contribution in [0.2, 0.25) is 0 Å². The van der Waals surface area contributed by atoms with Gasteiger partial charge in [-0.15, -0.1) is 0 Å². The van der Waals surface area contributed by atoms with Gasteiger partial charge in [0, 0.05) is 19.7 Å². The summed E-state index contributed by atoms with van der Waals surface area (Å²) in [6.07, 6.45) is 3.24. The smallest absolute Gasteiger partial charge is 0.387 e. The number of alkyl halides is 2. The molecule has 0 aliphatic carbocycles. The molecule has 0 saturated carbocycles. The molecule has 0 atom stereocenters. The van der Waals surface area contributed by atoms with Crippen LogP contribution in [-0.4, -0.2) is 31.6 Å². The van der Waals surface area contributed by atoms with E-state index in [2.05, 4.69) is 4.74 Å². The number of benzene rings is 1. The second-order valence-electron chi connectivity index (χ2n) is 4.95. The molecular weight excluding hydrogens is 336 g/mol. The molecule has 1 aromatic heterocycles. The zero-order valence-electron chi connectivity index (χ0n) is 13.2. The molecule has 0 bridgehead atoms. The van der Waals surface area contributed by atoms with Crippen molar-refractivity contribution in [3.8, 4) is 11.5 Å². The van der Waals surface area contributed by atoms with Crippen molar-refractivity contribution in [1.29, 1.82) is 0 Å². The van der Waals surface area contributed by atoms with E-state index in [0.29, 0.717) is 6.54 Å². The Hall–Kier alpha value is -2.41. The second kappa shape index (κ2) is 8.44. The monoisotopic (exact) mass is 353 g/mol. The normalized spacial score (nSPS) is 11.0. The molecule has 0 N–H and O–H groups in total. The van der Waals surface area contributed by atoms with E-state index in [9.17, 15) is 13.6 Å². The van der Waals surface area contributed by atoms with E-state index in [1.807, 2.05) is 16.8 Å². The first kappa shape index (κ1) is 17.9. The molecular formula is C17H17F2NO3S. The summed E-state index contributed by atoms with van der Waals surface area (Å²) in [6.45, 7) is -2.60. The fraction of sp³-hybridized carbons (Fsp3) is 0.235. The number of rotatable bonds is 7. The molecule has 0 radical (unpaired) electrons. The Morgan fingerprint density at radius 1 is 1.33 bits per heavy atom. The summed E-state index contributed by atoms with van der Waals surface area (Å²) >= 11 is 1.56. The Bertz CT molecular complexity index is 702. The first-order valence-electron chi connectivity index (χ1n) is 7.06. The second-order valence-corrected chi connectivity index (χ2v) is 5.73. The Kier molecular flexibility index (Phi) is 6.31. The van der Waals surface area contributed by atoms with Crippen molar-refractivity contribution in [2.75, 3.05) is 14.2 Å². The number of amides is 1. The lowest BCUT2D eigenvalue weighted by atomic mass is 10.2. The molecule has 7 heteroatoms. The highest BCUT2D eigenvalue weighted by molar-refractivity contribution is 7.08. The van der Waals surface area contributed by atoms with Gasteiger partial charge in [-0.2, -0.15) is 20.1 Å². The van der Waals surface area contributed by atoms with Crippen LogP contribution in [0.1, 0.15) is 11.1 Å². The fourth-order valence-electron chi connectivity index (χ4n) is 2.02. The number of nitrogens with zero attached hydrogens (tertiary/aromatic N) is 1. The number of likely N-dealkylation sites (N-methyl/N-ethyl adjacent to an activating group) is 1. The van der Waals surface area contributed by atoms with Crippen LogP contribution < -0.4 is 9.47 Å². The number of hydrogen-bond acceptors (Lipinski definition) is 4. The van der Waals surface area contributed by atoms with Gasteiger partial charge in [0.1, 0.15) is 0 Å². The molecule has 0 unspecified atom stereocenters. The highest BCUT2D eigenvalue weighted by Gasteiger charge is 2.13. The SMILES string of the molecule is COc1cc(CN(C)C(=O)/C=C/c2ccsc2)ccc1OC(F)F. The lowest BCUT2D eigenvalue weighted by Crippen LogP contribution is -2.24. The lowest BCUT2D eigenvalue weighted by molar-refractivity contribution is -0.125. The number of halogens is 2. The largest absolute Gasteiger partial charge is 0.493 e. The number of hydrogen-bond donors (Lipinski definition) is 0. The van der Waals surface area contributed by atoms with Gasteiger partial charge in [0.2, 0.25) is 5.91 Å². The first-order chi connectivity index (χ1) is 11.5. The van der Waals surface area contributed by atoms with Crippen molar-refractivity contribution in [3.05, 3.63) is 52.2 Å². The van der Waals surface area contributed by atoms with Crippen molar-refractivity contribution in [2.24, 2.45) is 0 Å². The summed E-state index contributed by atoms with van der Waals surface area (Å²) in [6, 6.07) is 6.51. The van der Waals surface area contributed by atoms with Gasteiger partial charge in [-0.25, -0.2) is 0 Å². The summed E-state index contributed by atoms with van der Waals surface area (Å²) in [7, 11) is 3.03. The average molecular weight is 353 g/mol. The quantitative estimate of drug-likeness (QED) is 0.706. The molecule has 0 aliphatic heterocycles. The minimum atomic E-state index is -2.92. The van der Waals surface area contributed by atoms with Gasteiger partial charge in [-0.3, -0.25) is 4.79 Å². The number of carbonyl (C=O) groups is 1. The zero-order valence-corrected chi connectivity index (χ0v) is 14.1. The van der Waals surface area contributed by atoms with E-state index in [1.165, 1.54) is 24.2 Å². The van der Waals surface area contributed by atoms with Crippen LogP contribution in [0.5, 0.6) is 11.5 Å². The highest BCUT2D eigenvalue weighted by atomic mass is 32.1. The molecule has 24 heavy (non-hydrogen) atoms. The van der Waals surface area contributed by atoms with Crippen LogP contribution in [0, 0.1) is 0 Å². The van der Waals surface area contributed by atoms with E-state index in [0.717, 1.165) is 11.1 Å². The Balaban J connectivity index is 2.02. The summed E-state index contributed by atoms with van der Waals surface area (Å²) in [5.41, 5.74) is 1.71. The van der Waals surface area contributed by atoms with E-state index >= 15 is 0 Å². The van der Waals surface area contributed by atoms with E-state index in [1.54, 1.807) is 36.6 Å². The number of ether oxygens (including phenoxy) is 2. The van der Waals surface area contributed by atoms with Gasteiger partial charge in [0.05, 0.1) is 7.11 Å². The Morgan fingerprint density at radius 2 is 2.12 bits per heavy atom. The lowest BCUT2D eigenvalue weighted by Gasteiger charge is -2.17. The summed E-state index contributed by atoms with van der Waals surface area (Å²) in [5.74, 6) is -0.00174. The third-order valence-corrected chi connectivity index (χ3v) is 3.90. The zero-order chi connectivity index (χ0) is 17.5. The third-order valence-electron chi connectivity index (χ3n) is 3.20. The molecule has 0 aliphatic rings. The van der Waals surface area contributed by atoms with Crippen molar-refractivity contribution in [2.45, 2.75) is 13.2 Å². The van der Waals surface area contributed by atoms with E-state index in [-0.39, 0.29) is 17.4 Å². The van der Waals surface area contributed by atoms with Crippen molar-refractivity contribution in [3.63, 3.8) is 0 Å². The Labute approximate surface area is 142 Å². The third kappa shape index (κ3) is 5.06. The van der Waals surface area contributed by atoms with Gasteiger partial charge in [0.15, 0.2) is 11.5 Å². The summed E-state index contributed by atoms with van der Waals surface area (Å²) in [5, 5.41) is 3.87. The predicted molar refractivity (Wildman–Crippen MR) is 89.5 cm³/mol. The van der Waals surface area contributed by atoms with Gasteiger partial charge in [0.25, 0.3) is 0 Å². The Morgan fingerprint density at radius 3 is 2.75 bits per heavy atom. The molecule has 0 saturated heterocycles. The minimum Gasteiger partial charge on any atom is -0.493 e. The van der Waals surface area contributed by atoms with Crippen molar-refractivity contribution < 1.29 is 23.0 Å². The minimum absolute atomic E-state index is 0.0393. The maximum absolute atomic E-state index is 12.3.